The molecule has 0 amide bonds. The maximum atomic E-state index is 4.80. The Morgan fingerprint density at radius 1 is 1.29 bits per heavy atom. The largest absolute Gasteiger partial charge is 0.355 e. The zero-order valence-corrected chi connectivity index (χ0v) is 21.9. The first-order valence-corrected chi connectivity index (χ1v) is 11.4. The molecule has 0 spiro atoms. The molecule has 0 radical (unpaired) electrons. The molecule has 0 saturated heterocycles. The minimum absolute atomic E-state index is 0. The summed E-state index contributed by atoms with van der Waals surface area (Å²) in [6.45, 7) is 11.5. The van der Waals surface area contributed by atoms with Gasteiger partial charge in [-0.2, -0.15) is 5.10 Å². The van der Waals surface area contributed by atoms with Gasteiger partial charge in [0.2, 0.25) is 0 Å². The summed E-state index contributed by atoms with van der Waals surface area (Å²) in [5, 5.41) is 21.8. The van der Waals surface area contributed by atoms with Crippen molar-refractivity contribution in [1.29, 1.82) is 0 Å². The third-order valence-electron chi connectivity index (χ3n) is 4.88. The number of nitrogens with one attached hydrogen (secondary N) is 2. The molecule has 2 N–H and O–H groups in total. The second-order valence-corrected chi connectivity index (χ2v) is 8.32. The van der Waals surface area contributed by atoms with E-state index in [1.807, 2.05) is 6.92 Å². The van der Waals surface area contributed by atoms with Gasteiger partial charge in [-0.1, -0.05) is 13.0 Å². The second kappa shape index (κ2) is 12.8. The SMILES string of the molecule is CCc1nncn1CCNC(=NCCCn1nc(C)cc1C)NC(C)c1cccs1.I. The molecule has 31 heavy (non-hydrogen) atoms. The van der Waals surface area contributed by atoms with Gasteiger partial charge in [-0.05, 0) is 44.7 Å². The normalized spacial score (nSPS) is 12.5. The van der Waals surface area contributed by atoms with E-state index in [4.69, 9.17) is 4.99 Å². The Kier molecular flexibility index (Phi) is 10.4. The summed E-state index contributed by atoms with van der Waals surface area (Å²) >= 11 is 1.75. The van der Waals surface area contributed by atoms with E-state index in [0.29, 0.717) is 0 Å². The minimum atomic E-state index is 0. The molecule has 3 aromatic heterocycles. The van der Waals surface area contributed by atoms with Crippen LogP contribution in [0.3, 0.4) is 0 Å². The van der Waals surface area contributed by atoms with Gasteiger partial charge < -0.3 is 15.2 Å². The fourth-order valence-electron chi connectivity index (χ4n) is 3.31. The van der Waals surface area contributed by atoms with Crippen LogP contribution in [-0.4, -0.2) is 43.6 Å². The molecule has 1 unspecified atom stereocenters. The van der Waals surface area contributed by atoms with Crippen molar-refractivity contribution in [3.8, 4) is 0 Å². The third-order valence-corrected chi connectivity index (χ3v) is 5.94. The lowest BCUT2D eigenvalue weighted by Gasteiger charge is -2.18. The van der Waals surface area contributed by atoms with E-state index in [1.165, 1.54) is 10.6 Å². The monoisotopic (exact) mass is 556 g/mol. The van der Waals surface area contributed by atoms with Crippen LogP contribution in [-0.2, 0) is 19.5 Å². The van der Waals surface area contributed by atoms with E-state index in [0.717, 1.165) is 56.5 Å². The van der Waals surface area contributed by atoms with E-state index in [-0.39, 0.29) is 30.0 Å². The molecule has 170 valence electrons. The summed E-state index contributed by atoms with van der Waals surface area (Å²) in [5.41, 5.74) is 2.25. The average molecular weight is 557 g/mol. The molecule has 1 atom stereocenters. The van der Waals surface area contributed by atoms with Crippen LogP contribution in [0.2, 0.25) is 0 Å². The number of aromatic nitrogens is 5. The van der Waals surface area contributed by atoms with Gasteiger partial charge in [0.1, 0.15) is 12.2 Å². The Bertz CT molecular complexity index is 931. The molecule has 0 bridgehead atoms. The molecule has 0 aliphatic carbocycles. The highest BCUT2D eigenvalue weighted by atomic mass is 127. The highest BCUT2D eigenvalue weighted by Gasteiger charge is 2.09. The van der Waals surface area contributed by atoms with Gasteiger partial charge in [0.15, 0.2) is 5.96 Å². The third kappa shape index (κ3) is 7.60. The average Bonchev–Trinajstić information content (AvgIpc) is 3.46. The first-order valence-electron chi connectivity index (χ1n) is 10.5. The zero-order valence-electron chi connectivity index (χ0n) is 18.7. The van der Waals surface area contributed by atoms with Crippen LogP contribution in [0.25, 0.3) is 0 Å². The fraction of sp³-hybridized carbons (Fsp3) is 0.524. The van der Waals surface area contributed by atoms with Crippen molar-refractivity contribution in [3.63, 3.8) is 0 Å². The fourth-order valence-corrected chi connectivity index (χ4v) is 4.05. The van der Waals surface area contributed by atoms with Crippen LogP contribution < -0.4 is 10.6 Å². The van der Waals surface area contributed by atoms with E-state index in [9.17, 15) is 0 Å². The van der Waals surface area contributed by atoms with E-state index >= 15 is 0 Å². The Morgan fingerprint density at radius 3 is 2.81 bits per heavy atom. The number of guanidine groups is 1. The van der Waals surface area contributed by atoms with Crippen LogP contribution >= 0.6 is 35.3 Å². The number of hydrogen-bond donors (Lipinski definition) is 2. The highest BCUT2D eigenvalue weighted by Crippen LogP contribution is 2.17. The molecule has 8 nitrogen and oxygen atoms in total. The number of nitrogens with zero attached hydrogens (tertiary/aromatic N) is 6. The molecule has 3 aromatic rings. The molecule has 3 rings (SSSR count). The lowest BCUT2D eigenvalue weighted by molar-refractivity contribution is 0.565. The van der Waals surface area contributed by atoms with E-state index in [1.54, 1.807) is 17.7 Å². The van der Waals surface area contributed by atoms with Crippen LogP contribution in [0.5, 0.6) is 0 Å². The number of rotatable bonds is 10. The zero-order chi connectivity index (χ0) is 21.3. The first kappa shape index (κ1) is 25.3. The summed E-state index contributed by atoms with van der Waals surface area (Å²) in [6, 6.07) is 6.53. The van der Waals surface area contributed by atoms with Crippen LogP contribution in [0, 0.1) is 13.8 Å². The Labute approximate surface area is 205 Å². The highest BCUT2D eigenvalue weighted by molar-refractivity contribution is 14.0. The van der Waals surface area contributed by atoms with Gasteiger partial charge in [-0.25, -0.2) is 0 Å². The molecule has 0 aliphatic heterocycles. The van der Waals surface area contributed by atoms with Crippen LogP contribution in [0.15, 0.2) is 34.9 Å². The molecular formula is C21H33IN8S. The van der Waals surface area contributed by atoms with Gasteiger partial charge in [0, 0.05) is 43.2 Å². The quantitative estimate of drug-likeness (QED) is 0.172. The van der Waals surface area contributed by atoms with Crippen molar-refractivity contribution in [2.45, 2.75) is 59.7 Å². The van der Waals surface area contributed by atoms with Crippen molar-refractivity contribution in [3.05, 3.63) is 52.0 Å². The van der Waals surface area contributed by atoms with Gasteiger partial charge in [-0.15, -0.1) is 45.5 Å². The summed E-state index contributed by atoms with van der Waals surface area (Å²) in [4.78, 5) is 6.09. The number of hydrogen-bond acceptors (Lipinski definition) is 5. The Hall–Kier alpha value is -1.95. The van der Waals surface area contributed by atoms with Crippen molar-refractivity contribution in [2.75, 3.05) is 13.1 Å². The maximum Gasteiger partial charge on any atom is 0.191 e. The van der Waals surface area contributed by atoms with E-state index < -0.39 is 0 Å². The van der Waals surface area contributed by atoms with Crippen LogP contribution in [0.1, 0.15) is 48.4 Å². The topological polar surface area (TPSA) is 85.0 Å². The summed E-state index contributed by atoms with van der Waals surface area (Å²) in [7, 11) is 0. The lowest BCUT2D eigenvalue weighted by Crippen LogP contribution is -2.40. The molecule has 0 aromatic carbocycles. The van der Waals surface area contributed by atoms with Crippen molar-refractivity contribution >= 4 is 41.3 Å². The minimum Gasteiger partial charge on any atom is -0.355 e. The second-order valence-electron chi connectivity index (χ2n) is 7.34. The maximum absolute atomic E-state index is 4.80. The van der Waals surface area contributed by atoms with Gasteiger partial charge in [-0.3, -0.25) is 9.67 Å². The number of aryl methyl sites for hydroxylation is 4. The molecule has 0 fully saturated rings. The lowest BCUT2D eigenvalue weighted by atomic mass is 10.3. The summed E-state index contributed by atoms with van der Waals surface area (Å²) in [6.07, 6.45) is 3.60. The Balaban J connectivity index is 0.00000341. The Morgan fingerprint density at radius 2 is 2.13 bits per heavy atom. The van der Waals surface area contributed by atoms with Crippen molar-refractivity contribution in [1.82, 2.24) is 35.2 Å². The summed E-state index contributed by atoms with van der Waals surface area (Å²) in [5.74, 6) is 1.83. The molecule has 3 heterocycles. The van der Waals surface area contributed by atoms with Gasteiger partial charge >= 0.3 is 0 Å². The predicted molar refractivity (Wildman–Crippen MR) is 137 cm³/mol. The molecule has 0 aliphatic rings. The van der Waals surface area contributed by atoms with Crippen molar-refractivity contribution in [2.24, 2.45) is 4.99 Å². The first-order chi connectivity index (χ1) is 14.6. The number of thiophene rings is 1. The van der Waals surface area contributed by atoms with Gasteiger partial charge in [0.05, 0.1) is 11.7 Å². The molecular weight excluding hydrogens is 523 g/mol. The molecule has 10 heteroatoms. The van der Waals surface area contributed by atoms with Crippen LogP contribution in [0.4, 0.5) is 0 Å². The molecule has 0 saturated carbocycles. The predicted octanol–water partition coefficient (Wildman–Crippen LogP) is 3.72. The summed E-state index contributed by atoms with van der Waals surface area (Å²) < 4.78 is 4.13. The van der Waals surface area contributed by atoms with E-state index in [2.05, 4.69) is 79.5 Å². The smallest absolute Gasteiger partial charge is 0.191 e. The van der Waals surface area contributed by atoms with Gasteiger partial charge in [0.25, 0.3) is 0 Å². The number of aliphatic imine (C=N–C) groups is 1. The van der Waals surface area contributed by atoms with Crippen molar-refractivity contribution < 1.29 is 0 Å². The number of halogens is 1. The standard InChI is InChI=1S/C21H32N8S.HI/c1-5-20-26-24-15-28(20)12-10-23-21(25-18(4)19-8-6-13-30-19)22-9-7-11-29-17(3)14-16(2)27-29;/h6,8,13-15,18H,5,7,9-12H2,1-4H3,(H2,22,23,25);1H.